The molecule has 3 aromatic rings. The van der Waals surface area contributed by atoms with Gasteiger partial charge in [0.25, 0.3) is 0 Å². The first kappa shape index (κ1) is 19.2. The van der Waals surface area contributed by atoms with E-state index in [1.807, 2.05) is 6.07 Å². The van der Waals surface area contributed by atoms with Crippen LogP contribution in [0.25, 0.3) is 22.3 Å². The zero-order valence-corrected chi connectivity index (χ0v) is 16.4. The number of hydrogen-bond acceptors (Lipinski definition) is 2. The number of imidazole rings is 1. The molecule has 28 heavy (non-hydrogen) atoms. The Bertz CT molecular complexity index is 1010. The molecule has 0 aliphatic heterocycles. The summed E-state index contributed by atoms with van der Waals surface area (Å²) < 4.78 is 38.8. The summed E-state index contributed by atoms with van der Waals surface area (Å²) in [6.07, 6.45) is 0.676. The van der Waals surface area contributed by atoms with E-state index in [4.69, 9.17) is 16.6 Å². The zero-order valence-electron chi connectivity index (χ0n) is 15.6. The van der Waals surface area contributed by atoms with Gasteiger partial charge in [0.2, 0.25) is 0 Å². The summed E-state index contributed by atoms with van der Waals surface area (Å²) in [5.74, 6) is 2.43. The van der Waals surface area contributed by atoms with E-state index >= 15 is 0 Å². The number of fused-ring (bicyclic) bond motifs is 1. The molecule has 1 saturated carbocycles. The molecular weight excluding hydrogens is 387 g/mol. The number of aromatic nitrogens is 3. The van der Waals surface area contributed by atoms with Crippen LogP contribution in [0, 0.1) is 11.8 Å². The van der Waals surface area contributed by atoms with Crippen molar-refractivity contribution in [2.24, 2.45) is 11.8 Å². The van der Waals surface area contributed by atoms with Crippen molar-refractivity contribution in [2.75, 3.05) is 0 Å². The molecule has 0 amide bonds. The summed E-state index contributed by atoms with van der Waals surface area (Å²) in [7, 11) is 0. The highest BCUT2D eigenvalue weighted by atomic mass is 35.5. The molecule has 1 aromatic carbocycles. The lowest BCUT2D eigenvalue weighted by Gasteiger charge is -2.20. The number of benzene rings is 1. The molecule has 0 radical (unpaired) electrons. The number of nitrogens with zero attached hydrogens (tertiary/aromatic N) is 2. The van der Waals surface area contributed by atoms with Gasteiger partial charge >= 0.3 is 6.18 Å². The number of halogens is 4. The van der Waals surface area contributed by atoms with Crippen molar-refractivity contribution in [2.45, 2.75) is 45.2 Å². The van der Waals surface area contributed by atoms with Crippen molar-refractivity contribution >= 4 is 22.6 Å². The summed E-state index contributed by atoms with van der Waals surface area (Å²) in [6.45, 7) is 4.42. The maximum absolute atomic E-state index is 12.9. The number of rotatable bonds is 5. The third kappa shape index (κ3) is 3.50. The number of H-pyrrole nitrogens is 1. The third-order valence-electron chi connectivity index (χ3n) is 5.67. The second-order valence-corrected chi connectivity index (χ2v) is 8.03. The number of hydrogen-bond donors (Lipinski definition) is 1. The molecule has 1 fully saturated rings. The largest absolute Gasteiger partial charge is 0.416 e. The molecule has 4 rings (SSSR count). The van der Waals surface area contributed by atoms with Gasteiger partial charge in [0.05, 0.1) is 21.8 Å². The maximum atomic E-state index is 12.9. The first-order chi connectivity index (χ1) is 13.3. The zero-order chi connectivity index (χ0) is 20.1. The predicted octanol–water partition coefficient (Wildman–Crippen LogP) is 6.84. The summed E-state index contributed by atoms with van der Waals surface area (Å²) in [5.41, 5.74) is 1.64. The van der Waals surface area contributed by atoms with Gasteiger partial charge in [-0.1, -0.05) is 37.9 Å². The highest BCUT2D eigenvalue weighted by Gasteiger charge is 2.37. The molecule has 1 aliphatic rings. The quantitative estimate of drug-likeness (QED) is 0.503. The van der Waals surface area contributed by atoms with Gasteiger partial charge in [-0.25, -0.2) is 4.98 Å². The summed E-state index contributed by atoms with van der Waals surface area (Å²) >= 11 is 6.20. The second kappa shape index (κ2) is 7.07. The lowest BCUT2D eigenvalue weighted by molar-refractivity contribution is -0.137. The fourth-order valence-electron chi connectivity index (χ4n) is 3.86. The van der Waals surface area contributed by atoms with Crippen LogP contribution < -0.4 is 0 Å². The molecule has 1 N–H and O–H groups in total. The molecule has 2 heterocycles. The Kier molecular flexibility index (Phi) is 4.86. The smallest absolute Gasteiger partial charge is 0.342 e. The number of pyridine rings is 1. The lowest BCUT2D eigenvalue weighted by Crippen LogP contribution is -2.13. The molecule has 0 spiro atoms. The van der Waals surface area contributed by atoms with Gasteiger partial charge in [0, 0.05) is 17.7 Å². The van der Waals surface area contributed by atoms with Crippen LogP contribution in [0.5, 0.6) is 0 Å². The molecule has 0 bridgehead atoms. The van der Waals surface area contributed by atoms with Crippen molar-refractivity contribution < 1.29 is 13.2 Å². The molecule has 3 nitrogen and oxygen atoms in total. The molecule has 0 saturated heterocycles. The Morgan fingerprint density at radius 1 is 1.25 bits per heavy atom. The van der Waals surface area contributed by atoms with Crippen LogP contribution in [0.3, 0.4) is 0 Å². The number of nitrogens with one attached hydrogen (secondary N) is 1. The summed E-state index contributed by atoms with van der Waals surface area (Å²) in [6, 6.07) is 5.18. The van der Waals surface area contributed by atoms with Gasteiger partial charge in [-0.15, -0.1) is 0 Å². The van der Waals surface area contributed by atoms with Crippen molar-refractivity contribution in [1.29, 1.82) is 0 Å². The van der Waals surface area contributed by atoms with E-state index in [1.165, 1.54) is 18.9 Å². The summed E-state index contributed by atoms with van der Waals surface area (Å²) in [4.78, 5) is 12.6. The van der Waals surface area contributed by atoms with Crippen molar-refractivity contribution in [1.82, 2.24) is 15.0 Å². The first-order valence-corrected chi connectivity index (χ1v) is 9.89. The van der Waals surface area contributed by atoms with Gasteiger partial charge in [0.1, 0.15) is 11.3 Å². The minimum Gasteiger partial charge on any atom is -0.342 e. The fourth-order valence-corrected chi connectivity index (χ4v) is 4.13. The Morgan fingerprint density at radius 2 is 2.00 bits per heavy atom. The average molecular weight is 408 g/mol. The molecule has 1 aliphatic carbocycles. The van der Waals surface area contributed by atoms with Crippen molar-refractivity contribution in [3.8, 4) is 11.3 Å². The Balaban J connectivity index is 1.80. The third-order valence-corrected chi connectivity index (χ3v) is 5.99. The van der Waals surface area contributed by atoms with Gasteiger partial charge in [-0.3, -0.25) is 4.98 Å². The predicted molar refractivity (Wildman–Crippen MR) is 104 cm³/mol. The monoisotopic (exact) mass is 407 g/mol. The number of aromatic amines is 1. The van der Waals surface area contributed by atoms with Crippen LogP contribution >= 0.6 is 11.6 Å². The SMILES string of the molecule is CCC(C)C(c1nc2c(-c3ccc(C(F)(F)F)cc3Cl)nccc2[nH]1)C1CC1. The average Bonchev–Trinajstić information content (AvgIpc) is 3.38. The standard InChI is InChI=1S/C21H21ClF3N3/c1-3-11(2)17(12-4-5-12)20-27-16-8-9-26-18(19(16)28-20)14-7-6-13(10-15(14)22)21(23,24)25/h6-12,17H,3-5H2,1-2H3,(H,27,28). The van der Waals surface area contributed by atoms with E-state index < -0.39 is 11.7 Å². The van der Waals surface area contributed by atoms with E-state index in [0.717, 1.165) is 29.9 Å². The molecule has 2 unspecified atom stereocenters. The minimum atomic E-state index is -4.44. The molecule has 2 atom stereocenters. The van der Waals surface area contributed by atoms with E-state index in [-0.39, 0.29) is 5.02 Å². The van der Waals surface area contributed by atoms with Gasteiger partial charge < -0.3 is 4.98 Å². The number of alkyl halides is 3. The van der Waals surface area contributed by atoms with Crippen LogP contribution in [0.1, 0.15) is 50.4 Å². The van der Waals surface area contributed by atoms with E-state index in [0.29, 0.717) is 34.5 Å². The molecule has 148 valence electrons. The Labute approximate surface area is 166 Å². The Hall–Kier alpha value is -2.08. The Morgan fingerprint density at radius 3 is 2.61 bits per heavy atom. The van der Waals surface area contributed by atoms with Gasteiger partial charge in [-0.05, 0) is 42.9 Å². The van der Waals surface area contributed by atoms with Crippen LogP contribution in [0.15, 0.2) is 30.5 Å². The van der Waals surface area contributed by atoms with Gasteiger partial charge in [0.15, 0.2) is 0 Å². The maximum Gasteiger partial charge on any atom is 0.416 e. The highest BCUT2D eigenvalue weighted by Crippen LogP contribution is 2.47. The second-order valence-electron chi connectivity index (χ2n) is 7.62. The highest BCUT2D eigenvalue weighted by molar-refractivity contribution is 6.33. The van der Waals surface area contributed by atoms with Crippen molar-refractivity contribution in [3.63, 3.8) is 0 Å². The minimum absolute atomic E-state index is 0.0139. The topological polar surface area (TPSA) is 41.6 Å². The van der Waals surface area contributed by atoms with Crippen LogP contribution in [0.2, 0.25) is 5.02 Å². The van der Waals surface area contributed by atoms with Gasteiger partial charge in [-0.2, -0.15) is 13.2 Å². The van der Waals surface area contributed by atoms with Crippen LogP contribution in [-0.4, -0.2) is 15.0 Å². The fraction of sp³-hybridized carbons (Fsp3) is 0.429. The van der Waals surface area contributed by atoms with E-state index in [2.05, 4.69) is 23.8 Å². The van der Waals surface area contributed by atoms with E-state index in [1.54, 1.807) is 6.20 Å². The summed E-state index contributed by atoms with van der Waals surface area (Å²) in [5, 5.41) is 0.0139. The molecule has 7 heteroatoms. The van der Waals surface area contributed by atoms with Crippen LogP contribution in [0.4, 0.5) is 13.2 Å². The van der Waals surface area contributed by atoms with Crippen molar-refractivity contribution in [3.05, 3.63) is 46.9 Å². The first-order valence-electron chi connectivity index (χ1n) is 9.51. The van der Waals surface area contributed by atoms with Crippen LogP contribution in [-0.2, 0) is 6.18 Å². The van der Waals surface area contributed by atoms with E-state index in [9.17, 15) is 13.2 Å². The molecule has 2 aromatic heterocycles. The normalized spacial score (nSPS) is 17.1. The molecular formula is C21H21ClF3N3. The lowest BCUT2D eigenvalue weighted by atomic mass is 9.87.